The fourth-order valence-corrected chi connectivity index (χ4v) is 4.78. The minimum absolute atomic E-state index is 0.0953. The molecular formula is C24H25N5O2. The molecule has 3 aromatic rings. The molecule has 2 amide bonds. The number of carbonyl (C=O) groups is 2. The van der Waals surface area contributed by atoms with E-state index in [0.717, 1.165) is 28.8 Å². The Morgan fingerprint density at radius 2 is 1.97 bits per heavy atom. The summed E-state index contributed by atoms with van der Waals surface area (Å²) in [5.41, 5.74) is 10.7. The van der Waals surface area contributed by atoms with E-state index in [0.29, 0.717) is 17.8 Å². The molecule has 3 N–H and O–H groups in total. The Morgan fingerprint density at radius 3 is 2.74 bits per heavy atom. The Hall–Kier alpha value is -3.48. The van der Waals surface area contributed by atoms with Gasteiger partial charge in [0, 0.05) is 41.5 Å². The number of aromatic nitrogens is 3. The summed E-state index contributed by atoms with van der Waals surface area (Å²) in [5, 5.41) is 7.43. The molecule has 2 aromatic heterocycles. The number of hydrogen-bond acceptors (Lipinski definition) is 4. The Morgan fingerprint density at radius 1 is 1.16 bits per heavy atom. The van der Waals surface area contributed by atoms with Gasteiger partial charge in [0.25, 0.3) is 11.8 Å². The van der Waals surface area contributed by atoms with Gasteiger partial charge in [0.15, 0.2) is 0 Å². The molecule has 7 heteroatoms. The van der Waals surface area contributed by atoms with Crippen LogP contribution in [0.3, 0.4) is 0 Å². The molecule has 0 bridgehead atoms. The second kappa shape index (κ2) is 7.34. The Bertz CT molecular complexity index is 1190. The van der Waals surface area contributed by atoms with E-state index in [-0.39, 0.29) is 17.0 Å². The van der Waals surface area contributed by atoms with Crippen molar-refractivity contribution < 1.29 is 9.59 Å². The van der Waals surface area contributed by atoms with Crippen LogP contribution in [-0.4, -0.2) is 26.6 Å². The molecule has 3 heterocycles. The minimum Gasteiger partial charge on any atom is -0.364 e. The van der Waals surface area contributed by atoms with Gasteiger partial charge in [-0.05, 0) is 42.0 Å². The molecule has 158 valence electrons. The molecule has 1 saturated carbocycles. The zero-order valence-corrected chi connectivity index (χ0v) is 17.5. The quantitative estimate of drug-likeness (QED) is 0.665. The van der Waals surface area contributed by atoms with Gasteiger partial charge in [0.2, 0.25) is 0 Å². The van der Waals surface area contributed by atoms with Crippen molar-refractivity contribution in [2.24, 2.45) is 11.1 Å². The van der Waals surface area contributed by atoms with Crippen LogP contribution < -0.4 is 11.1 Å². The maximum Gasteiger partial charge on any atom is 0.267 e. The normalized spacial score (nSPS) is 16.9. The van der Waals surface area contributed by atoms with Gasteiger partial charge >= 0.3 is 0 Å². The van der Waals surface area contributed by atoms with Gasteiger partial charge in [-0.1, -0.05) is 31.9 Å². The van der Waals surface area contributed by atoms with Gasteiger partial charge in [-0.3, -0.25) is 14.3 Å². The van der Waals surface area contributed by atoms with Crippen molar-refractivity contribution >= 4 is 11.8 Å². The lowest BCUT2D eigenvalue weighted by Crippen LogP contribution is -2.19. The number of nitrogens with one attached hydrogen (secondary N) is 1. The first-order valence-corrected chi connectivity index (χ1v) is 10.7. The van der Waals surface area contributed by atoms with Crippen molar-refractivity contribution in [2.45, 2.75) is 45.7 Å². The molecular weight excluding hydrogens is 390 g/mol. The summed E-state index contributed by atoms with van der Waals surface area (Å²) >= 11 is 0. The molecule has 31 heavy (non-hydrogen) atoms. The average molecular weight is 415 g/mol. The Kier molecular flexibility index (Phi) is 4.61. The summed E-state index contributed by atoms with van der Waals surface area (Å²) in [7, 11) is 0. The molecule has 0 radical (unpaired) electrons. The summed E-state index contributed by atoms with van der Waals surface area (Å²) < 4.78 is 2.00. The first-order valence-electron chi connectivity index (χ1n) is 10.7. The molecule has 7 nitrogen and oxygen atoms in total. The number of nitrogens with two attached hydrogens (primary N) is 1. The molecule has 5 rings (SSSR count). The SMILES string of the molecule is CC1(Cn2cc(-c3ccc(C(N)=O)nc3-c3ccc4c(c3)C(=O)NC4)cn2)CCCC1. The summed E-state index contributed by atoms with van der Waals surface area (Å²) in [6, 6.07) is 9.18. The number of nitrogens with zero attached hydrogens (tertiary/aromatic N) is 3. The highest BCUT2D eigenvalue weighted by molar-refractivity contribution is 6.00. The largest absolute Gasteiger partial charge is 0.364 e. The number of primary amides is 1. The zero-order chi connectivity index (χ0) is 21.6. The number of pyridine rings is 1. The lowest BCUT2D eigenvalue weighted by molar-refractivity contribution is 0.0963. The minimum atomic E-state index is -0.587. The second-order valence-corrected chi connectivity index (χ2v) is 8.96. The number of hydrogen-bond donors (Lipinski definition) is 2. The van der Waals surface area contributed by atoms with Crippen molar-refractivity contribution in [1.29, 1.82) is 0 Å². The maximum absolute atomic E-state index is 12.2. The fraction of sp³-hybridized carbons (Fsp3) is 0.333. The molecule has 1 aromatic carbocycles. The van der Waals surface area contributed by atoms with Crippen LogP contribution in [0, 0.1) is 5.41 Å². The maximum atomic E-state index is 12.2. The molecule has 0 spiro atoms. The third-order valence-corrected chi connectivity index (χ3v) is 6.51. The summed E-state index contributed by atoms with van der Waals surface area (Å²) in [5.74, 6) is -0.682. The number of fused-ring (bicyclic) bond motifs is 1. The van der Waals surface area contributed by atoms with Crippen molar-refractivity contribution in [3.05, 3.63) is 59.5 Å². The van der Waals surface area contributed by atoms with Crippen molar-refractivity contribution in [3.63, 3.8) is 0 Å². The van der Waals surface area contributed by atoms with Crippen molar-refractivity contribution in [2.75, 3.05) is 0 Å². The van der Waals surface area contributed by atoms with E-state index < -0.39 is 5.91 Å². The van der Waals surface area contributed by atoms with Gasteiger partial charge < -0.3 is 11.1 Å². The number of benzene rings is 1. The van der Waals surface area contributed by atoms with Crippen LogP contribution in [0.2, 0.25) is 0 Å². The van der Waals surface area contributed by atoms with Crippen molar-refractivity contribution in [1.82, 2.24) is 20.1 Å². The lowest BCUT2D eigenvalue weighted by Gasteiger charge is -2.22. The predicted octanol–water partition coefficient (Wildman–Crippen LogP) is 3.53. The highest BCUT2D eigenvalue weighted by Gasteiger charge is 2.29. The van der Waals surface area contributed by atoms with Crippen molar-refractivity contribution in [3.8, 4) is 22.4 Å². The first-order chi connectivity index (χ1) is 14.9. The second-order valence-electron chi connectivity index (χ2n) is 8.96. The van der Waals surface area contributed by atoms with Gasteiger partial charge in [-0.25, -0.2) is 4.98 Å². The summed E-state index contributed by atoms with van der Waals surface area (Å²) in [6.45, 7) is 3.74. The summed E-state index contributed by atoms with van der Waals surface area (Å²) in [4.78, 5) is 28.5. The van der Waals surface area contributed by atoms with E-state index >= 15 is 0 Å². The predicted molar refractivity (Wildman–Crippen MR) is 117 cm³/mol. The average Bonchev–Trinajstić information content (AvgIpc) is 3.49. The van der Waals surface area contributed by atoms with Gasteiger partial charge in [-0.15, -0.1) is 0 Å². The van der Waals surface area contributed by atoms with Crippen LogP contribution in [-0.2, 0) is 13.1 Å². The van der Waals surface area contributed by atoms with Crippen LogP contribution >= 0.6 is 0 Å². The molecule has 1 aliphatic heterocycles. The number of carbonyl (C=O) groups excluding carboxylic acids is 2. The van der Waals surface area contributed by atoms with Gasteiger partial charge in [0.1, 0.15) is 5.69 Å². The Balaban J connectivity index is 1.56. The molecule has 0 saturated heterocycles. The van der Waals surface area contributed by atoms with Crippen LogP contribution in [0.25, 0.3) is 22.4 Å². The number of rotatable bonds is 5. The molecule has 2 aliphatic rings. The molecule has 1 aliphatic carbocycles. The van der Waals surface area contributed by atoms with Gasteiger partial charge in [-0.2, -0.15) is 5.10 Å². The van der Waals surface area contributed by atoms with E-state index in [1.807, 2.05) is 41.3 Å². The van der Waals surface area contributed by atoms with E-state index in [2.05, 4.69) is 22.3 Å². The topological polar surface area (TPSA) is 103 Å². The van der Waals surface area contributed by atoms with Crippen LogP contribution in [0.4, 0.5) is 0 Å². The van der Waals surface area contributed by atoms with Crippen LogP contribution in [0.15, 0.2) is 42.7 Å². The van der Waals surface area contributed by atoms with E-state index in [1.165, 1.54) is 25.7 Å². The smallest absolute Gasteiger partial charge is 0.267 e. The van der Waals surface area contributed by atoms with E-state index in [4.69, 9.17) is 5.73 Å². The van der Waals surface area contributed by atoms with E-state index in [1.54, 1.807) is 6.07 Å². The highest BCUT2D eigenvalue weighted by atomic mass is 16.2. The van der Waals surface area contributed by atoms with E-state index in [9.17, 15) is 9.59 Å². The monoisotopic (exact) mass is 415 g/mol. The zero-order valence-electron chi connectivity index (χ0n) is 17.5. The van der Waals surface area contributed by atoms with Crippen LogP contribution in [0.1, 0.15) is 59.0 Å². The number of amides is 2. The highest BCUT2D eigenvalue weighted by Crippen LogP contribution is 2.39. The summed E-state index contributed by atoms with van der Waals surface area (Å²) in [6.07, 6.45) is 8.87. The molecule has 1 fully saturated rings. The third-order valence-electron chi connectivity index (χ3n) is 6.51. The first kappa shape index (κ1) is 19.5. The van der Waals surface area contributed by atoms with Crippen LogP contribution in [0.5, 0.6) is 0 Å². The molecule has 0 atom stereocenters. The fourth-order valence-electron chi connectivity index (χ4n) is 4.78. The Labute approximate surface area is 180 Å². The lowest BCUT2D eigenvalue weighted by atomic mass is 9.89. The van der Waals surface area contributed by atoms with Gasteiger partial charge in [0.05, 0.1) is 11.9 Å². The third kappa shape index (κ3) is 3.60. The standard InChI is InChI=1S/C24H25N5O2/c1-24(8-2-3-9-24)14-29-13-17(12-27-29)18-6-7-20(22(25)30)28-21(18)15-4-5-16-11-26-23(31)19(16)10-15/h4-7,10,12-13H,2-3,8-9,11,14H2,1H3,(H2,25,30)(H,26,31). The molecule has 0 unspecified atom stereocenters.